The van der Waals surface area contributed by atoms with Crippen LogP contribution in [0, 0.1) is 0 Å². The number of aromatic nitrogens is 2. The van der Waals surface area contributed by atoms with Crippen LogP contribution in [0.2, 0.25) is 0 Å². The van der Waals surface area contributed by atoms with E-state index < -0.39 is 5.97 Å². The van der Waals surface area contributed by atoms with Crippen molar-refractivity contribution in [3.05, 3.63) is 69.5 Å². The lowest BCUT2D eigenvalue weighted by Crippen LogP contribution is -2.17. The fourth-order valence-corrected chi connectivity index (χ4v) is 3.16. The predicted molar refractivity (Wildman–Crippen MR) is 107 cm³/mol. The standard InChI is InChI=1S/C21H21BrN2O3/c1-4-13(3)27-21(26)18-14(5-2)10-11-24-19(18)17(12-23-24)20(25)15-6-8-16(22)9-7-15/h6-13H,4-5H2,1-3H3. The predicted octanol–water partition coefficient (Wildman–Crippen LogP) is 4.85. The fourth-order valence-electron chi connectivity index (χ4n) is 2.89. The van der Waals surface area contributed by atoms with Gasteiger partial charge in [-0.25, -0.2) is 9.31 Å². The second-order valence-corrected chi connectivity index (χ2v) is 7.30. The van der Waals surface area contributed by atoms with Gasteiger partial charge in [0.2, 0.25) is 0 Å². The molecule has 1 aromatic carbocycles. The highest BCUT2D eigenvalue weighted by molar-refractivity contribution is 9.10. The highest BCUT2D eigenvalue weighted by atomic mass is 79.9. The number of esters is 1. The summed E-state index contributed by atoms with van der Waals surface area (Å²) in [6.07, 6.45) is 4.46. The SMILES string of the molecule is CCc1ccn2ncc(C(=O)c3ccc(Br)cc3)c2c1C(=O)OC(C)CC. The smallest absolute Gasteiger partial charge is 0.340 e. The zero-order valence-electron chi connectivity index (χ0n) is 15.5. The Morgan fingerprint density at radius 3 is 2.52 bits per heavy atom. The van der Waals surface area contributed by atoms with Crippen LogP contribution in [-0.4, -0.2) is 27.5 Å². The molecule has 140 valence electrons. The van der Waals surface area contributed by atoms with Gasteiger partial charge in [0.15, 0.2) is 5.78 Å². The van der Waals surface area contributed by atoms with Crippen LogP contribution >= 0.6 is 15.9 Å². The molecule has 0 aliphatic carbocycles. The minimum atomic E-state index is -0.419. The lowest BCUT2D eigenvalue weighted by molar-refractivity contribution is 0.0335. The highest BCUT2D eigenvalue weighted by Gasteiger charge is 2.24. The Hall–Kier alpha value is -2.47. The monoisotopic (exact) mass is 428 g/mol. The molecule has 3 aromatic rings. The first kappa shape index (κ1) is 19.3. The summed E-state index contributed by atoms with van der Waals surface area (Å²) in [6.45, 7) is 5.78. The number of ether oxygens (including phenoxy) is 1. The number of hydrogen-bond donors (Lipinski definition) is 0. The van der Waals surface area contributed by atoms with Crippen LogP contribution in [0.25, 0.3) is 5.52 Å². The molecule has 0 aliphatic heterocycles. The first-order chi connectivity index (χ1) is 13.0. The van der Waals surface area contributed by atoms with E-state index in [1.54, 1.807) is 22.8 Å². The lowest BCUT2D eigenvalue weighted by atomic mass is 9.99. The van der Waals surface area contributed by atoms with E-state index in [9.17, 15) is 9.59 Å². The number of halogens is 1. The summed E-state index contributed by atoms with van der Waals surface area (Å²) < 4.78 is 8.03. The number of rotatable bonds is 6. The maximum Gasteiger partial charge on any atom is 0.340 e. The van der Waals surface area contributed by atoms with Gasteiger partial charge < -0.3 is 4.74 Å². The topological polar surface area (TPSA) is 60.7 Å². The fraction of sp³-hybridized carbons (Fsp3) is 0.286. The van der Waals surface area contributed by atoms with Crippen LogP contribution in [0.4, 0.5) is 0 Å². The Labute approximate surface area is 166 Å². The Bertz CT molecular complexity index is 993. The molecule has 0 aliphatic rings. The van der Waals surface area contributed by atoms with Crippen LogP contribution in [-0.2, 0) is 11.2 Å². The second kappa shape index (κ2) is 8.05. The molecule has 1 unspecified atom stereocenters. The Morgan fingerprint density at radius 1 is 1.19 bits per heavy atom. The van der Waals surface area contributed by atoms with Gasteiger partial charge in [-0.15, -0.1) is 0 Å². The summed E-state index contributed by atoms with van der Waals surface area (Å²) in [5.41, 5.74) is 2.68. The van der Waals surface area contributed by atoms with Crippen molar-refractivity contribution < 1.29 is 14.3 Å². The van der Waals surface area contributed by atoms with Crippen molar-refractivity contribution in [2.75, 3.05) is 0 Å². The van der Waals surface area contributed by atoms with Gasteiger partial charge in [-0.05, 0) is 55.7 Å². The van der Waals surface area contributed by atoms with Crippen molar-refractivity contribution in [1.29, 1.82) is 0 Å². The molecule has 2 heterocycles. The Kier molecular flexibility index (Phi) is 5.75. The number of aryl methyl sites for hydroxylation is 1. The number of benzene rings is 1. The molecule has 3 rings (SSSR count). The molecular formula is C21H21BrN2O3. The molecule has 0 radical (unpaired) electrons. The third-order valence-electron chi connectivity index (χ3n) is 4.59. The maximum atomic E-state index is 13.1. The molecule has 5 nitrogen and oxygen atoms in total. The summed E-state index contributed by atoms with van der Waals surface area (Å²) in [5, 5.41) is 4.28. The number of ketones is 1. The number of hydrogen-bond acceptors (Lipinski definition) is 4. The van der Waals surface area contributed by atoms with E-state index in [0.29, 0.717) is 28.6 Å². The lowest BCUT2D eigenvalue weighted by Gasteiger charge is -2.14. The molecule has 0 N–H and O–H groups in total. The first-order valence-corrected chi connectivity index (χ1v) is 9.76. The molecular weight excluding hydrogens is 408 g/mol. The molecule has 6 heteroatoms. The number of pyridine rings is 1. The minimum absolute atomic E-state index is 0.177. The first-order valence-electron chi connectivity index (χ1n) is 8.96. The van der Waals surface area contributed by atoms with Crippen LogP contribution in [0.5, 0.6) is 0 Å². The normalized spacial score (nSPS) is 12.1. The van der Waals surface area contributed by atoms with Crippen molar-refractivity contribution >= 4 is 33.2 Å². The average Bonchev–Trinajstić information content (AvgIpc) is 3.10. The maximum absolute atomic E-state index is 13.1. The third-order valence-corrected chi connectivity index (χ3v) is 5.12. The molecule has 0 fully saturated rings. The van der Waals surface area contributed by atoms with Gasteiger partial charge in [-0.3, -0.25) is 4.79 Å². The Morgan fingerprint density at radius 2 is 1.89 bits per heavy atom. The third kappa shape index (κ3) is 3.81. The minimum Gasteiger partial charge on any atom is -0.459 e. The molecule has 0 spiro atoms. The number of nitrogens with zero attached hydrogens (tertiary/aromatic N) is 2. The van der Waals surface area contributed by atoms with E-state index in [1.807, 2.05) is 39.0 Å². The van der Waals surface area contributed by atoms with E-state index in [2.05, 4.69) is 21.0 Å². The number of carbonyl (C=O) groups is 2. The molecule has 2 aromatic heterocycles. The van der Waals surface area contributed by atoms with Crippen LogP contribution in [0.15, 0.2) is 47.2 Å². The molecule has 27 heavy (non-hydrogen) atoms. The van der Waals surface area contributed by atoms with Crippen LogP contribution in [0.1, 0.15) is 59.0 Å². The van der Waals surface area contributed by atoms with Crippen molar-refractivity contribution in [2.45, 2.75) is 39.7 Å². The van der Waals surface area contributed by atoms with Gasteiger partial charge in [-0.2, -0.15) is 5.10 Å². The molecule has 0 amide bonds. The average molecular weight is 429 g/mol. The van der Waals surface area contributed by atoms with Gasteiger partial charge in [0.1, 0.15) is 0 Å². The largest absolute Gasteiger partial charge is 0.459 e. The van der Waals surface area contributed by atoms with E-state index in [0.717, 1.165) is 16.5 Å². The molecule has 0 bridgehead atoms. The van der Waals surface area contributed by atoms with Gasteiger partial charge in [0, 0.05) is 16.2 Å². The van der Waals surface area contributed by atoms with Gasteiger partial charge in [0.05, 0.1) is 28.9 Å². The number of carbonyl (C=O) groups excluding carboxylic acids is 2. The van der Waals surface area contributed by atoms with E-state index in [1.165, 1.54) is 6.20 Å². The Balaban J connectivity index is 2.16. The van der Waals surface area contributed by atoms with Gasteiger partial charge in [0.25, 0.3) is 0 Å². The van der Waals surface area contributed by atoms with Crippen molar-refractivity contribution in [3.8, 4) is 0 Å². The van der Waals surface area contributed by atoms with Crippen molar-refractivity contribution in [1.82, 2.24) is 9.61 Å². The van der Waals surface area contributed by atoms with Crippen molar-refractivity contribution in [2.24, 2.45) is 0 Å². The summed E-state index contributed by atoms with van der Waals surface area (Å²) in [4.78, 5) is 25.9. The van der Waals surface area contributed by atoms with Crippen LogP contribution < -0.4 is 0 Å². The van der Waals surface area contributed by atoms with Crippen LogP contribution in [0.3, 0.4) is 0 Å². The molecule has 1 atom stereocenters. The quantitative estimate of drug-likeness (QED) is 0.415. The van der Waals surface area contributed by atoms with Gasteiger partial charge >= 0.3 is 5.97 Å². The zero-order valence-corrected chi connectivity index (χ0v) is 17.1. The van der Waals surface area contributed by atoms with Crippen molar-refractivity contribution in [3.63, 3.8) is 0 Å². The zero-order chi connectivity index (χ0) is 19.6. The highest BCUT2D eigenvalue weighted by Crippen LogP contribution is 2.25. The summed E-state index contributed by atoms with van der Waals surface area (Å²) >= 11 is 3.37. The molecule has 0 saturated heterocycles. The van der Waals surface area contributed by atoms with E-state index >= 15 is 0 Å². The number of fused-ring (bicyclic) bond motifs is 1. The second-order valence-electron chi connectivity index (χ2n) is 6.38. The van der Waals surface area contributed by atoms with Gasteiger partial charge in [-0.1, -0.05) is 29.8 Å². The summed E-state index contributed by atoms with van der Waals surface area (Å²) in [5.74, 6) is -0.597. The summed E-state index contributed by atoms with van der Waals surface area (Å²) in [6, 6.07) is 8.97. The summed E-state index contributed by atoms with van der Waals surface area (Å²) in [7, 11) is 0. The van der Waals surface area contributed by atoms with E-state index in [4.69, 9.17) is 4.74 Å². The molecule has 0 saturated carbocycles. The van der Waals surface area contributed by atoms with E-state index in [-0.39, 0.29) is 11.9 Å².